The van der Waals surface area contributed by atoms with Gasteiger partial charge in [-0.15, -0.1) is 10.2 Å². The summed E-state index contributed by atoms with van der Waals surface area (Å²) in [4.78, 5) is 1.27. The number of aromatic nitrogens is 4. The number of benzene rings is 2. The molecule has 0 N–H and O–H groups in total. The number of halogens is 3. The van der Waals surface area contributed by atoms with Crippen molar-refractivity contribution in [1.82, 2.24) is 20.2 Å². The van der Waals surface area contributed by atoms with Crippen molar-refractivity contribution >= 4 is 15.9 Å². The van der Waals surface area contributed by atoms with Gasteiger partial charge in [-0.1, -0.05) is 28.1 Å². The lowest BCUT2D eigenvalue weighted by atomic mass is 10.2. The Labute approximate surface area is 127 Å². The van der Waals surface area contributed by atoms with Crippen LogP contribution in [0.4, 0.5) is 8.78 Å². The lowest BCUT2D eigenvalue weighted by Crippen LogP contribution is -2.06. The van der Waals surface area contributed by atoms with E-state index in [1.54, 1.807) is 24.3 Å². The molecule has 3 rings (SSSR count). The Morgan fingerprint density at radius 2 is 1.95 bits per heavy atom. The van der Waals surface area contributed by atoms with Gasteiger partial charge in [0.1, 0.15) is 11.6 Å². The molecule has 1 heterocycles. The highest BCUT2D eigenvalue weighted by Crippen LogP contribution is 2.17. The second-order valence-corrected chi connectivity index (χ2v) is 5.31. The molecular weight excluding hydrogens is 342 g/mol. The Morgan fingerprint density at radius 3 is 2.76 bits per heavy atom. The molecule has 0 fully saturated rings. The smallest absolute Gasteiger partial charge is 0.205 e. The van der Waals surface area contributed by atoms with Crippen LogP contribution < -0.4 is 0 Å². The molecule has 0 aliphatic carbocycles. The third kappa shape index (κ3) is 3.13. The van der Waals surface area contributed by atoms with Crippen LogP contribution in [0.2, 0.25) is 0 Å². The minimum absolute atomic E-state index is 0.146. The maximum absolute atomic E-state index is 13.7. The molecule has 21 heavy (non-hydrogen) atoms. The van der Waals surface area contributed by atoms with Crippen molar-refractivity contribution in [1.29, 1.82) is 0 Å². The van der Waals surface area contributed by atoms with Crippen LogP contribution in [-0.4, -0.2) is 20.2 Å². The summed E-state index contributed by atoms with van der Waals surface area (Å²) in [5.41, 5.74) is 0.962. The van der Waals surface area contributed by atoms with Crippen molar-refractivity contribution in [3.63, 3.8) is 0 Å². The van der Waals surface area contributed by atoms with E-state index in [0.29, 0.717) is 17.0 Å². The third-order valence-corrected chi connectivity index (χ3v) is 3.35. The number of hydrogen-bond donors (Lipinski definition) is 0. The van der Waals surface area contributed by atoms with E-state index in [1.807, 2.05) is 0 Å². The Bertz CT molecular complexity index is 788. The summed E-state index contributed by atoms with van der Waals surface area (Å²) in [5.74, 6) is -0.422. The minimum atomic E-state index is -0.373. The molecule has 7 heteroatoms. The highest BCUT2D eigenvalue weighted by molar-refractivity contribution is 9.10. The third-order valence-electron chi connectivity index (χ3n) is 2.86. The largest absolute Gasteiger partial charge is 0.207 e. The fraction of sp³-hybridized carbons (Fsp3) is 0.0714. The van der Waals surface area contributed by atoms with Crippen LogP contribution in [0.3, 0.4) is 0 Å². The van der Waals surface area contributed by atoms with Gasteiger partial charge in [-0.05, 0) is 35.5 Å². The van der Waals surface area contributed by atoms with Gasteiger partial charge in [-0.2, -0.15) is 4.80 Å². The zero-order chi connectivity index (χ0) is 14.8. The van der Waals surface area contributed by atoms with Gasteiger partial charge in [0.25, 0.3) is 0 Å². The molecule has 0 saturated heterocycles. The molecule has 106 valence electrons. The first-order valence-corrected chi connectivity index (χ1v) is 6.89. The number of hydrogen-bond acceptors (Lipinski definition) is 3. The van der Waals surface area contributed by atoms with Crippen LogP contribution in [0.15, 0.2) is 46.9 Å². The molecule has 0 spiro atoms. The summed E-state index contributed by atoms with van der Waals surface area (Å²) in [7, 11) is 0. The summed E-state index contributed by atoms with van der Waals surface area (Å²) >= 11 is 3.29. The first-order valence-electron chi connectivity index (χ1n) is 6.09. The van der Waals surface area contributed by atoms with Gasteiger partial charge in [0.15, 0.2) is 0 Å². The molecule has 4 nitrogen and oxygen atoms in total. The Morgan fingerprint density at radius 1 is 1.10 bits per heavy atom. The van der Waals surface area contributed by atoms with Gasteiger partial charge in [-0.3, -0.25) is 0 Å². The van der Waals surface area contributed by atoms with E-state index in [9.17, 15) is 8.78 Å². The van der Waals surface area contributed by atoms with Gasteiger partial charge in [-0.25, -0.2) is 8.78 Å². The fourth-order valence-electron chi connectivity index (χ4n) is 1.87. The zero-order valence-corrected chi connectivity index (χ0v) is 12.3. The molecule has 2 aromatic carbocycles. The van der Waals surface area contributed by atoms with Crippen molar-refractivity contribution in [2.45, 2.75) is 6.54 Å². The van der Waals surface area contributed by atoms with Crippen LogP contribution in [0.1, 0.15) is 5.56 Å². The topological polar surface area (TPSA) is 43.6 Å². The maximum Gasteiger partial charge on any atom is 0.205 e. The van der Waals surface area contributed by atoms with Crippen LogP contribution in [-0.2, 0) is 6.54 Å². The average Bonchev–Trinajstić information content (AvgIpc) is 2.91. The first-order chi connectivity index (χ1) is 10.1. The van der Waals surface area contributed by atoms with Crippen molar-refractivity contribution < 1.29 is 8.78 Å². The fourth-order valence-corrected chi connectivity index (χ4v) is 2.28. The van der Waals surface area contributed by atoms with E-state index < -0.39 is 0 Å². The highest BCUT2D eigenvalue weighted by atomic mass is 79.9. The summed E-state index contributed by atoms with van der Waals surface area (Å²) in [5, 5.41) is 11.8. The summed E-state index contributed by atoms with van der Waals surface area (Å²) < 4.78 is 27.6. The molecule has 0 amide bonds. The molecule has 0 saturated carbocycles. The molecule has 0 bridgehead atoms. The monoisotopic (exact) mass is 350 g/mol. The normalized spacial score (nSPS) is 10.8. The molecule has 0 aliphatic heterocycles. The lowest BCUT2D eigenvalue weighted by molar-refractivity contribution is 0.538. The van der Waals surface area contributed by atoms with Gasteiger partial charge >= 0.3 is 0 Å². The number of rotatable bonds is 3. The van der Waals surface area contributed by atoms with E-state index >= 15 is 0 Å². The zero-order valence-electron chi connectivity index (χ0n) is 10.7. The summed E-state index contributed by atoms with van der Waals surface area (Å²) in [6, 6.07) is 10.5. The minimum Gasteiger partial charge on any atom is -0.207 e. The van der Waals surface area contributed by atoms with Crippen LogP contribution in [0.5, 0.6) is 0 Å². The molecule has 0 aliphatic rings. The van der Waals surface area contributed by atoms with Crippen molar-refractivity contribution in [3.8, 4) is 11.4 Å². The molecule has 0 atom stereocenters. The highest BCUT2D eigenvalue weighted by Gasteiger charge is 2.09. The van der Waals surface area contributed by atoms with E-state index in [1.165, 1.54) is 23.0 Å². The SMILES string of the molecule is Fc1cccc(-c2nnn(Cc3cc(Br)ccc3F)n2)c1. The lowest BCUT2D eigenvalue weighted by Gasteiger charge is -2.02. The molecule has 3 aromatic rings. The predicted octanol–water partition coefficient (Wildman–Crippen LogP) is 3.43. The van der Waals surface area contributed by atoms with E-state index in [-0.39, 0.29) is 18.2 Å². The van der Waals surface area contributed by atoms with Crippen LogP contribution in [0, 0.1) is 11.6 Å². The van der Waals surface area contributed by atoms with E-state index in [2.05, 4.69) is 31.3 Å². The molecular formula is C14H9BrF2N4. The summed E-state index contributed by atoms with van der Waals surface area (Å²) in [6.45, 7) is 0.146. The number of tetrazole rings is 1. The molecule has 0 unspecified atom stereocenters. The molecule has 1 aromatic heterocycles. The Kier molecular flexibility index (Phi) is 3.74. The Balaban J connectivity index is 1.87. The Hall–Kier alpha value is -2.15. The van der Waals surface area contributed by atoms with Gasteiger partial charge < -0.3 is 0 Å². The van der Waals surface area contributed by atoms with Gasteiger partial charge in [0.05, 0.1) is 6.54 Å². The first kappa shape index (κ1) is 13.8. The van der Waals surface area contributed by atoms with Crippen LogP contribution >= 0.6 is 15.9 Å². The van der Waals surface area contributed by atoms with Crippen molar-refractivity contribution in [2.75, 3.05) is 0 Å². The standard InChI is InChI=1S/C14H9BrF2N4/c15-11-4-5-13(17)10(6-11)8-21-19-14(18-20-21)9-2-1-3-12(16)7-9/h1-7H,8H2. The van der Waals surface area contributed by atoms with Crippen molar-refractivity contribution in [3.05, 3.63) is 64.1 Å². The van der Waals surface area contributed by atoms with Crippen molar-refractivity contribution in [2.24, 2.45) is 0 Å². The maximum atomic E-state index is 13.7. The van der Waals surface area contributed by atoms with Gasteiger partial charge in [0, 0.05) is 15.6 Å². The number of nitrogens with zero attached hydrogens (tertiary/aromatic N) is 4. The average molecular weight is 351 g/mol. The van der Waals surface area contributed by atoms with Crippen LogP contribution in [0.25, 0.3) is 11.4 Å². The quantitative estimate of drug-likeness (QED) is 0.726. The predicted molar refractivity (Wildman–Crippen MR) is 76.4 cm³/mol. The summed E-state index contributed by atoms with van der Waals surface area (Å²) in [6.07, 6.45) is 0. The van der Waals surface area contributed by atoms with E-state index in [0.717, 1.165) is 4.47 Å². The molecule has 0 radical (unpaired) electrons. The van der Waals surface area contributed by atoms with Gasteiger partial charge in [0.2, 0.25) is 5.82 Å². The second-order valence-electron chi connectivity index (χ2n) is 4.39. The second kappa shape index (κ2) is 5.69. The van der Waals surface area contributed by atoms with E-state index in [4.69, 9.17) is 0 Å².